The zero-order valence-electron chi connectivity index (χ0n) is 17.4. The third-order valence-corrected chi connectivity index (χ3v) is 5.88. The quantitative estimate of drug-likeness (QED) is 0.758. The van der Waals surface area contributed by atoms with Crippen molar-refractivity contribution in [2.45, 2.75) is 19.5 Å². The Hall–Kier alpha value is -2.28. The fourth-order valence-electron chi connectivity index (χ4n) is 4.18. The molecule has 0 aliphatic carbocycles. The van der Waals surface area contributed by atoms with Crippen LogP contribution in [0.3, 0.4) is 0 Å². The number of benzene rings is 2. The summed E-state index contributed by atoms with van der Waals surface area (Å²) in [4.78, 5) is 19.8. The molecule has 2 fully saturated rings. The number of morpholine rings is 1. The molecule has 160 valence electrons. The van der Waals surface area contributed by atoms with Gasteiger partial charge in [-0.1, -0.05) is 24.3 Å². The fraction of sp³-hybridized carbons (Fsp3) is 0.458. The zero-order valence-corrected chi connectivity index (χ0v) is 17.4. The lowest BCUT2D eigenvalue weighted by Gasteiger charge is -2.27. The minimum atomic E-state index is -0.206. The van der Waals surface area contributed by atoms with Gasteiger partial charge in [-0.3, -0.25) is 14.6 Å². The van der Waals surface area contributed by atoms with Crippen molar-refractivity contribution < 1.29 is 13.9 Å². The summed E-state index contributed by atoms with van der Waals surface area (Å²) in [5, 5.41) is 0. The molecule has 2 saturated heterocycles. The van der Waals surface area contributed by atoms with Crippen LogP contribution < -0.4 is 0 Å². The van der Waals surface area contributed by atoms with Gasteiger partial charge in [0.25, 0.3) is 5.91 Å². The second kappa shape index (κ2) is 10.2. The lowest BCUT2D eigenvalue weighted by molar-refractivity contribution is 0.0341. The SMILES string of the molecule is O=C(c1cccc(CN2CCOCC2)c1)N1CCCN(Cc2ccc(F)cc2)CC1. The van der Waals surface area contributed by atoms with E-state index in [2.05, 4.69) is 15.9 Å². The predicted octanol–water partition coefficient (Wildman–Crippen LogP) is 3.01. The maximum Gasteiger partial charge on any atom is 0.253 e. The van der Waals surface area contributed by atoms with Crippen LogP contribution in [0.2, 0.25) is 0 Å². The molecule has 2 aromatic rings. The fourth-order valence-corrected chi connectivity index (χ4v) is 4.18. The molecule has 0 saturated carbocycles. The molecule has 5 nitrogen and oxygen atoms in total. The lowest BCUT2D eigenvalue weighted by atomic mass is 10.1. The smallest absolute Gasteiger partial charge is 0.253 e. The van der Waals surface area contributed by atoms with E-state index in [1.807, 2.05) is 35.2 Å². The van der Waals surface area contributed by atoms with Gasteiger partial charge in [-0.25, -0.2) is 4.39 Å². The van der Waals surface area contributed by atoms with E-state index in [4.69, 9.17) is 4.74 Å². The standard InChI is InChI=1S/C24H30FN3O2/c25-23-7-5-20(6-8-23)18-26-9-2-10-28(12-11-26)24(29)22-4-1-3-21(17-22)19-27-13-15-30-16-14-27/h1,3-8,17H,2,9-16,18-19H2. The number of carbonyl (C=O) groups is 1. The van der Waals surface area contributed by atoms with Crippen LogP contribution >= 0.6 is 0 Å². The first kappa shape index (κ1) is 21.0. The molecule has 4 rings (SSSR count). The van der Waals surface area contributed by atoms with Gasteiger partial charge in [0.1, 0.15) is 5.82 Å². The Labute approximate surface area is 178 Å². The first-order chi connectivity index (χ1) is 14.7. The Bertz CT molecular complexity index is 837. The molecule has 2 heterocycles. The second-order valence-corrected chi connectivity index (χ2v) is 8.14. The average molecular weight is 412 g/mol. The Balaban J connectivity index is 1.34. The van der Waals surface area contributed by atoms with Crippen molar-refractivity contribution >= 4 is 5.91 Å². The molecular weight excluding hydrogens is 381 g/mol. The molecule has 2 aliphatic rings. The molecule has 0 unspecified atom stereocenters. The number of rotatable bonds is 5. The van der Waals surface area contributed by atoms with Gasteiger partial charge >= 0.3 is 0 Å². The Kier molecular flexibility index (Phi) is 7.10. The first-order valence-electron chi connectivity index (χ1n) is 10.8. The van der Waals surface area contributed by atoms with Gasteiger partial charge in [0.15, 0.2) is 0 Å². The zero-order chi connectivity index (χ0) is 20.8. The van der Waals surface area contributed by atoms with Crippen LogP contribution in [0.15, 0.2) is 48.5 Å². The van der Waals surface area contributed by atoms with Crippen molar-refractivity contribution in [1.29, 1.82) is 0 Å². The summed E-state index contributed by atoms with van der Waals surface area (Å²) in [7, 11) is 0. The summed E-state index contributed by atoms with van der Waals surface area (Å²) >= 11 is 0. The predicted molar refractivity (Wildman–Crippen MR) is 115 cm³/mol. The number of amides is 1. The van der Waals surface area contributed by atoms with Gasteiger partial charge in [-0.05, 0) is 41.8 Å². The molecule has 0 atom stereocenters. The van der Waals surface area contributed by atoms with Crippen molar-refractivity contribution in [3.05, 3.63) is 71.0 Å². The lowest BCUT2D eigenvalue weighted by Crippen LogP contribution is -2.36. The third kappa shape index (κ3) is 5.65. The number of halogens is 1. The Morgan fingerprint density at radius 3 is 2.37 bits per heavy atom. The maximum absolute atomic E-state index is 13.1. The molecule has 30 heavy (non-hydrogen) atoms. The summed E-state index contributed by atoms with van der Waals surface area (Å²) in [6, 6.07) is 14.7. The van der Waals surface area contributed by atoms with E-state index in [1.165, 1.54) is 17.7 Å². The van der Waals surface area contributed by atoms with Crippen LogP contribution in [-0.4, -0.2) is 73.1 Å². The van der Waals surface area contributed by atoms with Gasteiger partial charge in [0, 0.05) is 57.9 Å². The summed E-state index contributed by atoms with van der Waals surface area (Å²) in [6.07, 6.45) is 0.945. The summed E-state index contributed by atoms with van der Waals surface area (Å²) < 4.78 is 18.5. The van der Waals surface area contributed by atoms with Gasteiger partial charge < -0.3 is 9.64 Å². The van der Waals surface area contributed by atoms with Crippen molar-refractivity contribution in [1.82, 2.24) is 14.7 Å². The normalized spacial score (nSPS) is 18.9. The third-order valence-electron chi connectivity index (χ3n) is 5.88. The number of hydrogen-bond donors (Lipinski definition) is 0. The van der Waals surface area contributed by atoms with Crippen LogP contribution in [0.4, 0.5) is 4.39 Å². The van der Waals surface area contributed by atoms with Crippen LogP contribution in [0.25, 0.3) is 0 Å². The van der Waals surface area contributed by atoms with Gasteiger partial charge in [0.05, 0.1) is 13.2 Å². The van der Waals surface area contributed by atoms with Crippen molar-refractivity contribution in [2.24, 2.45) is 0 Å². The van der Waals surface area contributed by atoms with Gasteiger partial charge in [0.2, 0.25) is 0 Å². The molecule has 0 radical (unpaired) electrons. The monoisotopic (exact) mass is 411 g/mol. The highest BCUT2D eigenvalue weighted by Gasteiger charge is 2.21. The highest BCUT2D eigenvalue weighted by Crippen LogP contribution is 2.15. The summed E-state index contributed by atoms with van der Waals surface area (Å²) in [5.74, 6) is -0.0929. The van der Waals surface area contributed by atoms with E-state index in [-0.39, 0.29) is 11.7 Å². The minimum absolute atomic E-state index is 0.113. The summed E-state index contributed by atoms with van der Waals surface area (Å²) in [5.41, 5.74) is 3.05. The van der Waals surface area contributed by atoms with Crippen molar-refractivity contribution in [3.8, 4) is 0 Å². The molecule has 0 N–H and O–H groups in total. The summed E-state index contributed by atoms with van der Waals surface area (Å²) in [6.45, 7) is 8.34. The molecule has 0 bridgehead atoms. The van der Waals surface area contributed by atoms with Gasteiger partial charge in [-0.2, -0.15) is 0 Å². The maximum atomic E-state index is 13.1. The number of nitrogens with zero attached hydrogens (tertiary/aromatic N) is 3. The molecular formula is C24H30FN3O2. The number of hydrogen-bond acceptors (Lipinski definition) is 4. The van der Waals surface area contributed by atoms with Gasteiger partial charge in [-0.15, -0.1) is 0 Å². The van der Waals surface area contributed by atoms with Crippen LogP contribution in [-0.2, 0) is 17.8 Å². The van der Waals surface area contributed by atoms with Crippen LogP contribution in [0.1, 0.15) is 27.9 Å². The van der Waals surface area contributed by atoms with Crippen molar-refractivity contribution in [2.75, 3.05) is 52.5 Å². The topological polar surface area (TPSA) is 36.0 Å². The average Bonchev–Trinajstić information content (AvgIpc) is 3.01. The molecule has 0 aromatic heterocycles. The minimum Gasteiger partial charge on any atom is -0.379 e. The number of ether oxygens (including phenoxy) is 1. The van der Waals surface area contributed by atoms with Crippen molar-refractivity contribution in [3.63, 3.8) is 0 Å². The highest BCUT2D eigenvalue weighted by molar-refractivity contribution is 5.94. The van der Waals surface area contributed by atoms with E-state index in [0.717, 1.165) is 76.6 Å². The molecule has 0 spiro atoms. The largest absolute Gasteiger partial charge is 0.379 e. The first-order valence-corrected chi connectivity index (χ1v) is 10.8. The molecule has 6 heteroatoms. The Morgan fingerprint density at radius 1 is 0.833 bits per heavy atom. The van der Waals surface area contributed by atoms with Crippen LogP contribution in [0, 0.1) is 5.82 Å². The second-order valence-electron chi connectivity index (χ2n) is 8.14. The Morgan fingerprint density at radius 2 is 1.57 bits per heavy atom. The van der Waals surface area contributed by atoms with E-state index < -0.39 is 0 Å². The highest BCUT2D eigenvalue weighted by atomic mass is 19.1. The van der Waals surface area contributed by atoms with E-state index >= 15 is 0 Å². The number of carbonyl (C=O) groups excluding carboxylic acids is 1. The van der Waals surface area contributed by atoms with E-state index in [9.17, 15) is 9.18 Å². The molecule has 1 amide bonds. The van der Waals surface area contributed by atoms with E-state index in [0.29, 0.717) is 6.54 Å². The van der Waals surface area contributed by atoms with Crippen LogP contribution in [0.5, 0.6) is 0 Å². The van der Waals surface area contributed by atoms with E-state index in [1.54, 1.807) is 0 Å². The molecule has 2 aromatic carbocycles. The molecule has 2 aliphatic heterocycles.